The Morgan fingerprint density at radius 2 is 1.77 bits per heavy atom. The number of benzene rings is 1. The van der Waals surface area contributed by atoms with E-state index < -0.39 is 0 Å². The SMILES string of the molecule is O=C1CCN(C(=O)c2nn(CCc3ccccc3)c3c2CN(C(=O)CC2CCCC2)CC3)CCN1. The highest BCUT2D eigenvalue weighted by atomic mass is 16.2. The Morgan fingerprint density at radius 1 is 1.00 bits per heavy atom. The van der Waals surface area contributed by atoms with Crippen LogP contribution in [0.5, 0.6) is 0 Å². The maximum absolute atomic E-state index is 13.6. The summed E-state index contributed by atoms with van der Waals surface area (Å²) < 4.78 is 1.98. The summed E-state index contributed by atoms with van der Waals surface area (Å²) >= 11 is 0. The molecule has 186 valence electrons. The Hall–Kier alpha value is -3.16. The molecule has 8 nitrogen and oxygen atoms in total. The van der Waals surface area contributed by atoms with Gasteiger partial charge in [0.15, 0.2) is 5.69 Å². The van der Waals surface area contributed by atoms with E-state index in [2.05, 4.69) is 17.4 Å². The van der Waals surface area contributed by atoms with Crippen LogP contribution in [0.3, 0.4) is 0 Å². The molecule has 2 aromatic rings. The molecule has 3 heterocycles. The minimum Gasteiger partial charge on any atom is -0.354 e. The van der Waals surface area contributed by atoms with Crippen LogP contribution in [-0.4, -0.2) is 63.5 Å². The highest BCUT2D eigenvalue weighted by Gasteiger charge is 2.33. The molecular weight excluding hydrogens is 442 g/mol. The van der Waals surface area contributed by atoms with Crippen LogP contribution in [0.2, 0.25) is 0 Å². The molecule has 1 saturated carbocycles. The molecule has 3 aliphatic rings. The van der Waals surface area contributed by atoms with Gasteiger partial charge < -0.3 is 15.1 Å². The Balaban J connectivity index is 1.38. The fourth-order valence-corrected chi connectivity index (χ4v) is 5.65. The number of hydrogen-bond donors (Lipinski definition) is 1. The molecule has 0 unspecified atom stereocenters. The van der Waals surface area contributed by atoms with E-state index in [1.165, 1.54) is 18.4 Å². The molecule has 2 aliphatic heterocycles. The monoisotopic (exact) mass is 477 g/mol. The molecule has 8 heteroatoms. The summed E-state index contributed by atoms with van der Waals surface area (Å²) in [5.74, 6) is 0.531. The number of aryl methyl sites for hydroxylation is 2. The van der Waals surface area contributed by atoms with Crippen molar-refractivity contribution in [2.24, 2.45) is 5.92 Å². The second-order valence-electron chi connectivity index (χ2n) is 10.0. The van der Waals surface area contributed by atoms with E-state index in [0.717, 1.165) is 30.5 Å². The van der Waals surface area contributed by atoms with Gasteiger partial charge in [0.2, 0.25) is 11.8 Å². The van der Waals surface area contributed by atoms with E-state index in [1.54, 1.807) is 4.90 Å². The number of rotatable bonds is 6. The summed E-state index contributed by atoms with van der Waals surface area (Å²) in [6.07, 6.45) is 7.19. The van der Waals surface area contributed by atoms with Crippen LogP contribution < -0.4 is 5.32 Å². The zero-order valence-corrected chi connectivity index (χ0v) is 20.4. The fourth-order valence-electron chi connectivity index (χ4n) is 5.65. The number of fused-ring (bicyclic) bond motifs is 1. The molecule has 35 heavy (non-hydrogen) atoms. The summed E-state index contributed by atoms with van der Waals surface area (Å²) in [4.78, 5) is 42.1. The van der Waals surface area contributed by atoms with Gasteiger partial charge in [-0.25, -0.2) is 0 Å². The lowest BCUT2D eigenvalue weighted by atomic mass is 10.00. The van der Waals surface area contributed by atoms with Gasteiger partial charge in [0, 0.05) is 69.8 Å². The van der Waals surface area contributed by atoms with Crippen molar-refractivity contribution in [3.05, 3.63) is 52.8 Å². The minimum absolute atomic E-state index is 0.0283. The van der Waals surface area contributed by atoms with Crippen LogP contribution in [0.1, 0.15) is 65.8 Å². The molecule has 0 spiro atoms. The van der Waals surface area contributed by atoms with Crippen molar-refractivity contribution in [1.29, 1.82) is 0 Å². The second kappa shape index (κ2) is 10.6. The smallest absolute Gasteiger partial charge is 0.274 e. The van der Waals surface area contributed by atoms with Gasteiger partial charge in [0.1, 0.15) is 0 Å². The number of nitrogens with zero attached hydrogens (tertiary/aromatic N) is 4. The van der Waals surface area contributed by atoms with Crippen molar-refractivity contribution in [1.82, 2.24) is 24.9 Å². The number of carbonyl (C=O) groups excluding carboxylic acids is 3. The summed E-state index contributed by atoms with van der Waals surface area (Å²) in [5.41, 5.74) is 3.63. The molecule has 1 aromatic carbocycles. The van der Waals surface area contributed by atoms with Gasteiger partial charge in [-0.1, -0.05) is 43.2 Å². The summed E-state index contributed by atoms with van der Waals surface area (Å²) in [6.45, 7) is 3.12. The summed E-state index contributed by atoms with van der Waals surface area (Å²) in [5, 5.41) is 7.64. The Labute approximate surface area is 206 Å². The third kappa shape index (κ3) is 5.41. The minimum atomic E-state index is -0.138. The Bertz CT molecular complexity index is 1070. The van der Waals surface area contributed by atoms with E-state index in [1.807, 2.05) is 27.8 Å². The van der Waals surface area contributed by atoms with Gasteiger partial charge >= 0.3 is 0 Å². The fraction of sp³-hybridized carbons (Fsp3) is 0.556. The van der Waals surface area contributed by atoms with Crippen LogP contribution in [-0.2, 0) is 35.5 Å². The van der Waals surface area contributed by atoms with Crippen molar-refractivity contribution in [3.8, 4) is 0 Å². The molecule has 0 bridgehead atoms. The van der Waals surface area contributed by atoms with E-state index in [0.29, 0.717) is 70.1 Å². The predicted octanol–water partition coefficient (Wildman–Crippen LogP) is 2.55. The standard InChI is InChI=1S/C27H35N5O3/c33-24-12-15-30(17-13-28-24)27(35)26-22-19-31(25(34)18-21-8-4-5-9-21)14-11-23(22)32(29-26)16-10-20-6-2-1-3-7-20/h1-3,6-7,21H,4-5,8-19H2,(H,28,33). The molecule has 1 aromatic heterocycles. The number of hydrogen-bond acceptors (Lipinski definition) is 4. The van der Waals surface area contributed by atoms with Crippen molar-refractivity contribution in [3.63, 3.8) is 0 Å². The predicted molar refractivity (Wildman–Crippen MR) is 132 cm³/mol. The second-order valence-corrected chi connectivity index (χ2v) is 10.0. The molecule has 1 N–H and O–H groups in total. The molecule has 0 radical (unpaired) electrons. The molecule has 1 saturated heterocycles. The number of aromatic nitrogens is 2. The Kier molecular flexibility index (Phi) is 7.16. The quantitative estimate of drug-likeness (QED) is 0.693. The van der Waals surface area contributed by atoms with Crippen molar-refractivity contribution in [2.45, 2.75) is 64.5 Å². The van der Waals surface area contributed by atoms with Gasteiger partial charge in [-0.2, -0.15) is 5.10 Å². The van der Waals surface area contributed by atoms with Gasteiger partial charge in [-0.3, -0.25) is 19.1 Å². The number of nitrogens with one attached hydrogen (secondary N) is 1. The third-order valence-corrected chi connectivity index (χ3v) is 7.68. The average Bonchev–Trinajstić information content (AvgIpc) is 3.46. The van der Waals surface area contributed by atoms with Crippen LogP contribution in [0.25, 0.3) is 0 Å². The number of amides is 3. The lowest BCUT2D eigenvalue weighted by Gasteiger charge is -2.29. The van der Waals surface area contributed by atoms with Crippen LogP contribution >= 0.6 is 0 Å². The van der Waals surface area contributed by atoms with Gasteiger partial charge in [0.05, 0.1) is 0 Å². The zero-order valence-electron chi connectivity index (χ0n) is 20.4. The van der Waals surface area contributed by atoms with E-state index in [9.17, 15) is 14.4 Å². The van der Waals surface area contributed by atoms with E-state index in [4.69, 9.17) is 5.10 Å². The van der Waals surface area contributed by atoms with E-state index in [-0.39, 0.29) is 17.7 Å². The van der Waals surface area contributed by atoms with Crippen molar-refractivity contribution >= 4 is 17.7 Å². The summed E-state index contributed by atoms with van der Waals surface area (Å²) in [6, 6.07) is 10.3. The molecule has 3 amide bonds. The molecule has 5 rings (SSSR count). The molecule has 2 fully saturated rings. The normalized spacial score (nSPS) is 18.8. The lowest BCUT2D eigenvalue weighted by Crippen LogP contribution is -2.39. The average molecular weight is 478 g/mol. The van der Waals surface area contributed by atoms with Crippen LogP contribution in [0, 0.1) is 5.92 Å². The maximum atomic E-state index is 13.6. The third-order valence-electron chi connectivity index (χ3n) is 7.68. The van der Waals surface area contributed by atoms with Gasteiger partial charge in [0.25, 0.3) is 5.91 Å². The first-order valence-electron chi connectivity index (χ1n) is 13.0. The molecule has 0 atom stereocenters. The van der Waals surface area contributed by atoms with Crippen LogP contribution in [0.15, 0.2) is 30.3 Å². The van der Waals surface area contributed by atoms with Crippen molar-refractivity contribution in [2.75, 3.05) is 26.2 Å². The highest BCUT2D eigenvalue weighted by Crippen LogP contribution is 2.30. The van der Waals surface area contributed by atoms with E-state index >= 15 is 0 Å². The van der Waals surface area contributed by atoms with Crippen LogP contribution in [0.4, 0.5) is 0 Å². The number of carbonyl (C=O) groups is 3. The topological polar surface area (TPSA) is 87.5 Å². The largest absolute Gasteiger partial charge is 0.354 e. The highest BCUT2D eigenvalue weighted by molar-refractivity contribution is 5.95. The lowest BCUT2D eigenvalue weighted by molar-refractivity contribution is -0.133. The van der Waals surface area contributed by atoms with Crippen molar-refractivity contribution < 1.29 is 14.4 Å². The van der Waals surface area contributed by atoms with Gasteiger partial charge in [-0.15, -0.1) is 0 Å². The maximum Gasteiger partial charge on any atom is 0.274 e. The zero-order chi connectivity index (χ0) is 24.2. The first-order chi connectivity index (χ1) is 17.1. The molecule has 1 aliphatic carbocycles. The molecular formula is C27H35N5O3. The van der Waals surface area contributed by atoms with Gasteiger partial charge in [-0.05, 0) is 30.7 Å². The Morgan fingerprint density at radius 3 is 2.57 bits per heavy atom. The first kappa shape index (κ1) is 23.6. The summed E-state index contributed by atoms with van der Waals surface area (Å²) in [7, 11) is 0. The first-order valence-corrected chi connectivity index (χ1v) is 13.0.